The minimum absolute atomic E-state index is 0. The van der Waals surface area contributed by atoms with Crippen LogP contribution in [-0.2, 0) is 39.8 Å². The van der Waals surface area contributed by atoms with Crippen molar-refractivity contribution in [3.05, 3.63) is 112 Å². The maximum Gasteiger partial charge on any atom is 0.417 e. The lowest BCUT2D eigenvalue weighted by atomic mass is 9.82. The summed E-state index contributed by atoms with van der Waals surface area (Å²) >= 11 is 1.22. The molecule has 0 aliphatic rings. The molecule has 4 N–H and O–H groups in total. The van der Waals surface area contributed by atoms with Crippen LogP contribution in [0.4, 0.5) is 19.4 Å². The lowest BCUT2D eigenvalue weighted by Gasteiger charge is -2.32. The third-order valence-electron chi connectivity index (χ3n) is 8.01. The van der Waals surface area contributed by atoms with E-state index in [0.29, 0.717) is 27.4 Å². The summed E-state index contributed by atoms with van der Waals surface area (Å²) in [5.74, 6) is -3.26. The highest BCUT2D eigenvalue weighted by molar-refractivity contribution is 7.10. The molecule has 0 unspecified atom stereocenters. The quantitative estimate of drug-likeness (QED) is 0.105. The third kappa shape index (κ3) is 9.10. The standard InChI is InChI=1S/C34H34F2N8O6S.ClH/c1-21(32-41-28(16-51-32)22-6-8-23(9-7-22)30(37)46)34(48,26-13-25(35)10-11-27(26)36)17-44-19-43(18-40-44)20-50-33(47)42(3)31-24(5-4-12-39-31)15-49-29(45)14-38-2;/h4-13,16,18-19,21,38,48H,14-15,17,20H2,1-3H3,(H-,37,46);1H/t21-,34+;/m0./s1. The molecule has 0 saturated carbocycles. The first kappa shape index (κ1) is 39.4. The van der Waals surface area contributed by atoms with E-state index < -0.39 is 41.1 Å². The number of benzene rings is 2. The smallest absolute Gasteiger partial charge is 0.417 e. The van der Waals surface area contributed by atoms with Crippen molar-refractivity contribution in [3.63, 3.8) is 0 Å². The second-order valence-electron chi connectivity index (χ2n) is 11.5. The van der Waals surface area contributed by atoms with Crippen LogP contribution < -0.4 is 32.9 Å². The minimum Gasteiger partial charge on any atom is -1.00 e. The van der Waals surface area contributed by atoms with Gasteiger partial charge in [0.15, 0.2) is 0 Å². The molecular formula is C34H35ClF2N8O6S. The fourth-order valence-corrected chi connectivity index (χ4v) is 6.15. The van der Waals surface area contributed by atoms with E-state index in [1.54, 1.807) is 55.7 Å². The second kappa shape index (κ2) is 17.2. The number of pyridine rings is 1. The van der Waals surface area contributed by atoms with E-state index in [9.17, 15) is 23.9 Å². The molecule has 52 heavy (non-hydrogen) atoms. The molecule has 0 bridgehead atoms. The maximum absolute atomic E-state index is 15.3. The van der Waals surface area contributed by atoms with Crippen molar-refractivity contribution in [3.8, 4) is 11.3 Å². The summed E-state index contributed by atoms with van der Waals surface area (Å²) in [5.41, 5.74) is 5.05. The number of hydrogen-bond donors (Lipinski definition) is 3. The van der Waals surface area contributed by atoms with Crippen molar-refractivity contribution >= 4 is 35.1 Å². The number of likely N-dealkylation sites (N-methyl/N-ethyl adjacent to an activating group) is 1. The molecule has 3 heterocycles. The molecule has 2 aromatic carbocycles. The van der Waals surface area contributed by atoms with Crippen molar-refractivity contribution in [1.29, 1.82) is 0 Å². The number of nitrogens with zero attached hydrogens (tertiary/aromatic N) is 6. The van der Waals surface area contributed by atoms with Crippen LogP contribution in [0.5, 0.6) is 0 Å². The molecular weight excluding hydrogens is 722 g/mol. The van der Waals surface area contributed by atoms with Crippen LogP contribution in [-0.4, -0.2) is 63.5 Å². The van der Waals surface area contributed by atoms with E-state index in [0.717, 1.165) is 23.1 Å². The Hall–Kier alpha value is -5.36. The highest BCUT2D eigenvalue weighted by Gasteiger charge is 2.43. The molecule has 2 amide bonds. The van der Waals surface area contributed by atoms with Gasteiger partial charge < -0.3 is 38.0 Å². The van der Waals surface area contributed by atoms with Gasteiger partial charge >= 0.3 is 12.1 Å². The van der Waals surface area contributed by atoms with Crippen molar-refractivity contribution < 1.29 is 54.7 Å². The van der Waals surface area contributed by atoms with Crippen LogP contribution in [0.15, 0.2) is 78.8 Å². The predicted molar refractivity (Wildman–Crippen MR) is 180 cm³/mol. The molecule has 0 fully saturated rings. The van der Waals surface area contributed by atoms with Gasteiger partial charge in [0, 0.05) is 51.9 Å². The molecule has 0 aliphatic heterocycles. The first-order chi connectivity index (χ1) is 24.4. The molecule has 3 aromatic heterocycles. The molecule has 0 saturated heterocycles. The molecule has 0 aliphatic carbocycles. The van der Waals surface area contributed by atoms with Gasteiger partial charge in [-0.25, -0.2) is 28.1 Å². The van der Waals surface area contributed by atoms with Gasteiger partial charge in [0.2, 0.25) is 19.0 Å². The summed E-state index contributed by atoms with van der Waals surface area (Å²) in [6, 6.07) is 12.7. The summed E-state index contributed by atoms with van der Waals surface area (Å²) in [6.45, 7) is 0.929. The number of aliphatic hydroxyl groups is 1. The van der Waals surface area contributed by atoms with Gasteiger partial charge in [0.1, 0.15) is 36.2 Å². The van der Waals surface area contributed by atoms with Crippen molar-refractivity contribution in [1.82, 2.24) is 25.1 Å². The van der Waals surface area contributed by atoms with Gasteiger partial charge in [0.05, 0.1) is 17.2 Å². The van der Waals surface area contributed by atoms with Crippen LogP contribution >= 0.6 is 11.3 Å². The lowest BCUT2D eigenvalue weighted by molar-refractivity contribution is -0.727. The number of nitrogens with two attached hydrogens (primary N) is 1. The Bertz CT molecular complexity index is 2030. The zero-order valence-electron chi connectivity index (χ0n) is 28.2. The Labute approximate surface area is 307 Å². The zero-order chi connectivity index (χ0) is 36.7. The van der Waals surface area contributed by atoms with Gasteiger partial charge in [-0.1, -0.05) is 25.1 Å². The van der Waals surface area contributed by atoms with Crippen LogP contribution in [0, 0.1) is 11.6 Å². The Morgan fingerprint density at radius 3 is 2.62 bits per heavy atom. The SMILES string of the molecule is CNCC(=O)OCc1cccnc1N(C)C(=O)OC[n+]1cnn(C[C@](O)(c2cc(F)ccc2F)[C@@H](C)c2nc(-c3ccc(C(N)=O)cc3)cs2)c1.[Cl-]. The number of amides is 2. The van der Waals surface area contributed by atoms with Gasteiger partial charge in [-0.3, -0.25) is 14.5 Å². The summed E-state index contributed by atoms with van der Waals surface area (Å²) < 4.78 is 43.1. The minimum atomic E-state index is -2.05. The molecule has 2 atom stereocenters. The number of aromatic nitrogens is 5. The Balaban J connectivity index is 0.00000605. The van der Waals surface area contributed by atoms with Crippen LogP contribution in [0.3, 0.4) is 0 Å². The van der Waals surface area contributed by atoms with Crippen LogP contribution in [0.1, 0.15) is 39.3 Å². The maximum atomic E-state index is 15.3. The van der Waals surface area contributed by atoms with Gasteiger partial charge in [0.25, 0.3) is 6.33 Å². The van der Waals surface area contributed by atoms with Gasteiger partial charge in [-0.05, 0) is 43.4 Å². The second-order valence-corrected chi connectivity index (χ2v) is 12.4. The molecule has 274 valence electrons. The first-order valence-corrected chi connectivity index (χ1v) is 16.4. The number of carbonyl (C=O) groups excluding carboxylic acids is 3. The number of thiazole rings is 1. The number of esters is 1. The topological polar surface area (TPSA) is 179 Å². The number of rotatable bonds is 14. The molecule has 5 rings (SSSR count). The lowest BCUT2D eigenvalue weighted by Crippen LogP contribution is -3.00. The molecule has 18 heteroatoms. The highest BCUT2D eigenvalue weighted by Crippen LogP contribution is 2.41. The number of anilines is 1. The van der Waals surface area contributed by atoms with E-state index in [-0.39, 0.29) is 50.2 Å². The predicted octanol–water partition coefficient (Wildman–Crippen LogP) is 0.255. The number of ether oxygens (including phenoxy) is 2. The highest BCUT2D eigenvalue weighted by atomic mass is 35.5. The molecule has 14 nitrogen and oxygen atoms in total. The number of nitrogens with one attached hydrogen (secondary N) is 1. The van der Waals surface area contributed by atoms with E-state index in [1.165, 1.54) is 46.5 Å². The van der Waals surface area contributed by atoms with Crippen molar-refractivity contribution in [2.24, 2.45) is 5.73 Å². The zero-order valence-corrected chi connectivity index (χ0v) is 29.8. The number of carbonyl (C=O) groups is 3. The normalized spacial score (nSPS) is 12.7. The Morgan fingerprint density at radius 1 is 1.15 bits per heavy atom. The summed E-state index contributed by atoms with van der Waals surface area (Å²) in [5, 5.41) is 21.3. The summed E-state index contributed by atoms with van der Waals surface area (Å²) in [7, 11) is 3.06. The molecule has 5 aromatic rings. The Kier molecular flexibility index (Phi) is 13.1. The fraction of sp³-hybridized carbons (Fsp3) is 0.265. The average molecular weight is 757 g/mol. The van der Waals surface area contributed by atoms with Gasteiger partial charge in [-0.2, -0.15) is 0 Å². The molecule has 0 radical (unpaired) electrons. The number of halogens is 3. The third-order valence-corrected chi connectivity index (χ3v) is 9.04. The largest absolute Gasteiger partial charge is 1.00 e. The van der Waals surface area contributed by atoms with Crippen molar-refractivity contribution in [2.75, 3.05) is 25.5 Å². The van der Waals surface area contributed by atoms with E-state index >= 15 is 4.39 Å². The fourth-order valence-electron chi connectivity index (χ4n) is 5.18. The van der Waals surface area contributed by atoms with E-state index in [4.69, 9.17) is 15.2 Å². The molecule has 0 spiro atoms. The number of primary amides is 1. The van der Waals surface area contributed by atoms with E-state index in [1.807, 2.05) is 0 Å². The van der Waals surface area contributed by atoms with E-state index in [2.05, 4.69) is 20.4 Å². The summed E-state index contributed by atoms with van der Waals surface area (Å²) in [6.07, 6.45) is 3.48. The van der Waals surface area contributed by atoms with Crippen LogP contribution in [0.2, 0.25) is 0 Å². The van der Waals surface area contributed by atoms with Crippen molar-refractivity contribution in [2.45, 2.75) is 38.3 Å². The monoisotopic (exact) mass is 756 g/mol. The summed E-state index contributed by atoms with van der Waals surface area (Å²) in [4.78, 5) is 46.3. The van der Waals surface area contributed by atoms with Crippen LogP contribution in [0.25, 0.3) is 11.3 Å². The Morgan fingerprint density at radius 2 is 1.90 bits per heavy atom. The van der Waals surface area contributed by atoms with Gasteiger partial charge in [-0.15, -0.1) is 16.0 Å². The number of hydrogen-bond acceptors (Lipinski definition) is 11. The average Bonchev–Trinajstić information content (AvgIpc) is 3.80. The first-order valence-electron chi connectivity index (χ1n) is 15.5.